The second kappa shape index (κ2) is 5.73. The van der Waals surface area contributed by atoms with Crippen LogP contribution in [0.4, 0.5) is 0 Å². The lowest BCUT2D eigenvalue weighted by Gasteiger charge is -2.14. The van der Waals surface area contributed by atoms with E-state index < -0.39 is 0 Å². The molecule has 0 radical (unpaired) electrons. The van der Waals surface area contributed by atoms with Crippen LogP contribution >= 0.6 is 0 Å². The third kappa shape index (κ3) is 2.61. The maximum Gasteiger partial charge on any atom is 0.123 e. The first-order valence-corrected chi connectivity index (χ1v) is 6.96. The molecule has 1 atom stereocenters. The van der Waals surface area contributed by atoms with Crippen LogP contribution in [0.2, 0.25) is 0 Å². The van der Waals surface area contributed by atoms with Crippen LogP contribution in [0.5, 0.6) is 0 Å². The molecule has 0 saturated heterocycles. The van der Waals surface area contributed by atoms with Gasteiger partial charge in [-0.25, -0.2) is 0 Å². The van der Waals surface area contributed by atoms with Gasteiger partial charge in [0.25, 0.3) is 0 Å². The minimum absolute atomic E-state index is 0.171. The first-order chi connectivity index (χ1) is 10.3. The van der Waals surface area contributed by atoms with E-state index in [4.69, 9.17) is 10.8 Å². The van der Waals surface area contributed by atoms with Crippen molar-refractivity contribution in [1.29, 1.82) is 0 Å². The summed E-state index contributed by atoms with van der Waals surface area (Å²) in [6.07, 6.45) is 5.78. The van der Waals surface area contributed by atoms with Crippen LogP contribution in [-0.2, 0) is 0 Å². The lowest BCUT2D eigenvalue weighted by atomic mass is 9.89. The van der Waals surface area contributed by atoms with Gasteiger partial charge in [0.1, 0.15) is 17.4 Å². The molecule has 0 spiro atoms. The Morgan fingerprint density at radius 1 is 0.905 bits per heavy atom. The van der Waals surface area contributed by atoms with E-state index in [9.17, 15) is 0 Å². The molecule has 0 fully saturated rings. The summed E-state index contributed by atoms with van der Waals surface area (Å²) in [6.45, 7) is 1.93. The molecule has 0 saturated carbocycles. The van der Waals surface area contributed by atoms with Gasteiger partial charge in [0.05, 0.1) is 0 Å². The summed E-state index contributed by atoms with van der Waals surface area (Å²) in [6, 6.07) is 22.4. The fourth-order valence-corrected chi connectivity index (χ4v) is 2.56. The minimum Gasteiger partial charge on any atom is -0.465 e. The molecule has 0 aliphatic heterocycles. The summed E-state index contributed by atoms with van der Waals surface area (Å²) in [5.74, 6) is 4.39. The molecule has 1 aromatic heterocycles. The number of aryl methyl sites for hydroxylation is 1. The monoisotopic (exact) mass is 272 g/mol. The summed E-state index contributed by atoms with van der Waals surface area (Å²) < 4.78 is 5.74. The third-order valence-corrected chi connectivity index (χ3v) is 3.57. The molecule has 3 aromatic rings. The molecule has 2 aromatic carbocycles. The lowest BCUT2D eigenvalue weighted by Crippen LogP contribution is -1.99. The smallest absolute Gasteiger partial charge is 0.123 e. The van der Waals surface area contributed by atoms with Crippen molar-refractivity contribution in [3.63, 3.8) is 0 Å². The zero-order valence-corrected chi connectivity index (χ0v) is 11.9. The second-order valence-corrected chi connectivity index (χ2v) is 5.00. The van der Waals surface area contributed by atoms with E-state index in [0.29, 0.717) is 0 Å². The van der Waals surface area contributed by atoms with Crippen LogP contribution in [0.15, 0.2) is 71.1 Å². The van der Waals surface area contributed by atoms with Crippen molar-refractivity contribution in [2.45, 2.75) is 12.8 Å². The van der Waals surface area contributed by atoms with Gasteiger partial charge in [0, 0.05) is 0 Å². The van der Waals surface area contributed by atoms with Gasteiger partial charge in [-0.2, -0.15) is 0 Å². The average molecular weight is 272 g/mol. The van der Waals surface area contributed by atoms with Gasteiger partial charge >= 0.3 is 0 Å². The van der Waals surface area contributed by atoms with Crippen molar-refractivity contribution in [3.05, 3.63) is 83.8 Å². The number of rotatable bonds is 3. The van der Waals surface area contributed by atoms with Crippen molar-refractivity contribution in [3.8, 4) is 23.5 Å². The molecule has 1 heterocycles. The summed E-state index contributed by atoms with van der Waals surface area (Å²) in [4.78, 5) is 0. The number of hydrogen-bond donors (Lipinski definition) is 0. The molecular formula is C20H16O. The van der Waals surface area contributed by atoms with Crippen molar-refractivity contribution in [2.24, 2.45) is 0 Å². The maximum absolute atomic E-state index is 5.78. The van der Waals surface area contributed by atoms with Crippen LogP contribution in [0.25, 0.3) is 11.1 Å². The van der Waals surface area contributed by atoms with Gasteiger partial charge < -0.3 is 4.42 Å². The van der Waals surface area contributed by atoms with E-state index in [1.807, 2.05) is 49.4 Å². The number of terminal acetylenes is 1. The topological polar surface area (TPSA) is 13.1 Å². The van der Waals surface area contributed by atoms with Gasteiger partial charge in [-0.15, -0.1) is 6.42 Å². The van der Waals surface area contributed by atoms with Crippen LogP contribution in [0.3, 0.4) is 0 Å². The molecule has 1 unspecified atom stereocenters. The Bertz CT molecular complexity index is 775. The van der Waals surface area contributed by atoms with Gasteiger partial charge in [0.15, 0.2) is 0 Å². The van der Waals surface area contributed by atoms with Crippen LogP contribution in [-0.4, -0.2) is 0 Å². The number of benzene rings is 2. The normalized spacial score (nSPS) is 11.8. The SMILES string of the molecule is C#CC(c1ccc(C)o1)c1ccccc1-c1ccccc1. The Morgan fingerprint density at radius 2 is 1.62 bits per heavy atom. The van der Waals surface area contributed by atoms with Crippen molar-refractivity contribution in [2.75, 3.05) is 0 Å². The molecule has 1 nitrogen and oxygen atoms in total. The first kappa shape index (κ1) is 13.3. The predicted molar refractivity (Wildman–Crippen MR) is 86.0 cm³/mol. The Kier molecular flexibility index (Phi) is 3.62. The van der Waals surface area contributed by atoms with E-state index >= 15 is 0 Å². The zero-order chi connectivity index (χ0) is 14.7. The van der Waals surface area contributed by atoms with E-state index in [0.717, 1.165) is 28.2 Å². The average Bonchev–Trinajstić information content (AvgIpc) is 2.96. The van der Waals surface area contributed by atoms with E-state index in [1.54, 1.807) is 0 Å². The molecule has 0 aliphatic rings. The van der Waals surface area contributed by atoms with E-state index in [-0.39, 0.29) is 5.92 Å². The largest absolute Gasteiger partial charge is 0.465 e. The molecule has 0 aliphatic carbocycles. The minimum atomic E-state index is -0.171. The first-order valence-electron chi connectivity index (χ1n) is 6.96. The fourth-order valence-electron chi connectivity index (χ4n) is 2.56. The van der Waals surface area contributed by atoms with E-state index in [1.165, 1.54) is 0 Å². The highest BCUT2D eigenvalue weighted by Crippen LogP contribution is 2.33. The maximum atomic E-state index is 5.78. The molecule has 1 heteroatoms. The third-order valence-electron chi connectivity index (χ3n) is 3.57. The van der Waals surface area contributed by atoms with Crippen molar-refractivity contribution in [1.82, 2.24) is 0 Å². The van der Waals surface area contributed by atoms with Crippen molar-refractivity contribution < 1.29 is 4.42 Å². The van der Waals surface area contributed by atoms with E-state index in [2.05, 4.69) is 30.2 Å². The van der Waals surface area contributed by atoms with Crippen LogP contribution < -0.4 is 0 Å². The van der Waals surface area contributed by atoms with Gasteiger partial charge in [-0.3, -0.25) is 0 Å². The summed E-state index contributed by atoms with van der Waals surface area (Å²) in [5.41, 5.74) is 3.41. The second-order valence-electron chi connectivity index (χ2n) is 5.00. The standard InChI is InChI=1S/C20H16O/c1-3-17(20-14-13-15(2)21-20)19-12-8-7-11-18(19)16-9-5-4-6-10-16/h1,4-14,17H,2H3. The molecular weight excluding hydrogens is 256 g/mol. The number of hydrogen-bond acceptors (Lipinski definition) is 1. The van der Waals surface area contributed by atoms with Crippen molar-refractivity contribution >= 4 is 0 Å². The van der Waals surface area contributed by atoms with Crippen LogP contribution in [0.1, 0.15) is 23.0 Å². The summed E-state index contributed by atoms with van der Waals surface area (Å²) in [5, 5.41) is 0. The number of furan rings is 1. The fraction of sp³-hybridized carbons (Fsp3) is 0.100. The Morgan fingerprint density at radius 3 is 2.29 bits per heavy atom. The van der Waals surface area contributed by atoms with Crippen LogP contribution in [0, 0.1) is 19.3 Å². The van der Waals surface area contributed by atoms with Gasteiger partial charge in [-0.1, -0.05) is 60.5 Å². The molecule has 21 heavy (non-hydrogen) atoms. The van der Waals surface area contributed by atoms with Gasteiger partial charge in [-0.05, 0) is 35.7 Å². The molecule has 0 amide bonds. The molecule has 3 rings (SSSR count). The highest BCUT2D eigenvalue weighted by molar-refractivity contribution is 5.69. The summed E-state index contributed by atoms with van der Waals surface area (Å²) in [7, 11) is 0. The lowest BCUT2D eigenvalue weighted by molar-refractivity contribution is 0.483. The molecule has 102 valence electrons. The Balaban J connectivity index is 2.12. The predicted octanol–water partition coefficient (Wildman–Crippen LogP) is 5.02. The molecule has 0 bridgehead atoms. The van der Waals surface area contributed by atoms with Gasteiger partial charge in [0.2, 0.25) is 0 Å². The summed E-state index contributed by atoms with van der Waals surface area (Å²) >= 11 is 0. The highest BCUT2D eigenvalue weighted by atomic mass is 16.3. The zero-order valence-electron chi connectivity index (χ0n) is 11.9. The Hall–Kier alpha value is -2.72. The molecule has 0 N–H and O–H groups in total. The Labute approximate surface area is 125 Å². The highest BCUT2D eigenvalue weighted by Gasteiger charge is 2.18. The quantitative estimate of drug-likeness (QED) is 0.610.